The van der Waals surface area contributed by atoms with Gasteiger partial charge in [0.05, 0.1) is 0 Å². The molecule has 1 aromatic carbocycles. The summed E-state index contributed by atoms with van der Waals surface area (Å²) in [5.74, 6) is 0.768. The van der Waals surface area contributed by atoms with E-state index in [1.54, 1.807) is 0 Å². The molecule has 0 N–H and O–H groups in total. The van der Waals surface area contributed by atoms with Gasteiger partial charge < -0.3 is 0 Å². The number of rotatable bonds is 2. The highest BCUT2D eigenvalue weighted by Gasteiger charge is 2.24. The second-order valence-electron chi connectivity index (χ2n) is 4.19. The van der Waals surface area contributed by atoms with E-state index in [0.717, 1.165) is 25.7 Å². The summed E-state index contributed by atoms with van der Waals surface area (Å²) < 4.78 is 0. The van der Waals surface area contributed by atoms with E-state index in [1.807, 2.05) is 0 Å². The molecule has 1 nitrogen and oxygen atoms in total. The van der Waals surface area contributed by atoms with Crippen LogP contribution in [0.25, 0.3) is 0 Å². The topological polar surface area (TPSA) is 17.1 Å². The van der Waals surface area contributed by atoms with Crippen LogP contribution in [0.15, 0.2) is 24.3 Å². The molecule has 0 spiro atoms. The lowest BCUT2D eigenvalue weighted by Crippen LogP contribution is -2.10. The molecule has 2 rings (SSSR count). The van der Waals surface area contributed by atoms with Crippen molar-refractivity contribution in [3.63, 3.8) is 0 Å². The average Bonchev–Trinajstić information content (AvgIpc) is 2.56. The maximum absolute atomic E-state index is 11.5. The Balaban J connectivity index is 2.10. The van der Waals surface area contributed by atoms with Gasteiger partial charge in [-0.2, -0.15) is 0 Å². The lowest BCUT2D eigenvalue weighted by Gasteiger charge is -2.09. The van der Waals surface area contributed by atoms with Crippen molar-refractivity contribution in [2.24, 2.45) is 5.92 Å². The zero-order valence-electron chi connectivity index (χ0n) is 8.62. The molecule has 1 aromatic rings. The number of aryl methyl sites for hydroxylation is 1. The summed E-state index contributed by atoms with van der Waals surface area (Å²) >= 11 is 0. The van der Waals surface area contributed by atoms with Crippen LogP contribution in [0.5, 0.6) is 0 Å². The van der Waals surface area contributed by atoms with E-state index in [1.165, 1.54) is 11.1 Å². The van der Waals surface area contributed by atoms with Crippen molar-refractivity contribution in [2.75, 3.05) is 0 Å². The minimum atomic E-state index is 0.302. The molecule has 1 aliphatic rings. The summed E-state index contributed by atoms with van der Waals surface area (Å²) in [6.45, 7) is 2.12. The number of hydrogen-bond donors (Lipinski definition) is 0. The third-order valence-corrected chi connectivity index (χ3v) is 3.16. The van der Waals surface area contributed by atoms with Crippen LogP contribution < -0.4 is 0 Å². The molecule has 0 radical (unpaired) electrons. The number of benzene rings is 1. The summed E-state index contributed by atoms with van der Waals surface area (Å²) in [5.41, 5.74) is 2.65. The van der Waals surface area contributed by atoms with Gasteiger partial charge >= 0.3 is 0 Å². The first kappa shape index (κ1) is 9.45. The van der Waals surface area contributed by atoms with Crippen molar-refractivity contribution >= 4 is 5.78 Å². The van der Waals surface area contributed by atoms with E-state index in [9.17, 15) is 4.79 Å². The standard InChI is InChI=1S/C13H16O/c1-10-5-2-3-6-11(10)9-12-7-4-8-13(12)14/h2-3,5-6,12H,4,7-9H2,1H3/t12-/m1/s1. The van der Waals surface area contributed by atoms with Crippen LogP contribution >= 0.6 is 0 Å². The second kappa shape index (κ2) is 3.95. The molecular formula is C13H16O. The summed E-state index contributed by atoms with van der Waals surface area (Å²) in [5, 5.41) is 0. The molecule has 74 valence electrons. The van der Waals surface area contributed by atoms with Crippen molar-refractivity contribution in [1.29, 1.82) is 0 Å². The number of Topliss-reactive ketones (excluding diaryl/α,β-unsaturated/α-hetero) is 1. The number of carbonyl (C=O) groups excluding carboxylic acids is 1. The number of carbonyl (C=O) groups is 1. The second-order valence-corrected chi connectivity index (χ2v) is 4.19. The van der Waals surface area contributed by atoms with Crippen molar-refractivity contribution in [3.05, 3.63) is 35.4 Å². The highest BCUT2D eigenvalue weighted by Crippen LogP contribution is 2.25. The minimum Gasteiger partial charge on any atom is -0.299 e. The van der Waals surface area contributed by atoms with E-state index in [0.29, 0.717) is 11.7 Å². The van der Waals surface area contributed by atoms with Gasteiger partial charge in [-0.25, -0.2) is 0 Å². The third-order valence-electron chi connectivity index (χ3n) is 3.16. The predicted molar refractivity (Wildman–Crippen MR) is 57.2 cm³/mol. The predicted octanol–water partition coefficient (Wildman–Crippen LogP) is 2.91. The summed E-state index contributed by atoms with van der Waals surface area (Å²) in [7, 11) is 0. The van der Waals surface area contributed by atoms with E-state index in [-0.39, 0.29) is 0 Å². The normalized spacial score (nSPS) is 21.5. The smallest absolute Gasteiger partial charge is 0.136 e. The Bertz CT molecular complexity index is 341. The molecular weight excluding hydrogens is 172 g/mol. The highest BCUT2D eigenvalue weighted by molar-refractivity contribution is 5.83. The Morgan fingerprint density at radius 2 is 2.14 bits per heavy atom. The fraction of sp³-hybridized carbons (Fsp3) is 0.462. The first-order valence-electron chi connectivity index (χ1n) is 5.34. The third kappa shape index (κ3) is 1.87. The highest BCUT2D eigenvalue weighted by atomic mass is 16.1. The first-order chi connectivity index (χ1) is 6.77. The van der Waals surface area contributed by atoms with Gasteiger partial charge in [-0.3, -0.25) is 4.79 Å². The average molecular weight is 188 g/mol. The monoisotopic (exact) mass is 188 g/mol. The van der Waals surface area contributed by atoms with Gasteiger partial charge in [0.15, 0.2) is 0 Å². The zero-order valence-corrected chi connectivity index (χ0v) is 8.62. The molecule has 1 heteroatoms. The Labute approximate surface area is 85.1 Å². The lowest BCUT2D eigenvalue weighted by molar-refractivity contribution is -0.120. The largest absolute Gasteiger partial charge is 0.299 e. The van der Waals surface area contributed by atoms with E-state index in [2.05, 4.69) is 31.2 Å². The first-order valence-corrected chi connectivity index (χ1v) is 5.34. The SMILES string of the molecule is Cc1ccccc1C[C@H]1CCCC1=O. The maximum atomic E-state index is 11.5. The van der Waals surface area contributed by atoms with Gasteiger partial charge in [0, 0.05) is 12.3 Å². The molecule has 1 aliphatic carbocycles. The molecule has 0 aliphatic heterocycles. The zero-order chi connectivity index (χ0) is 9.97. The molecule has 0 bridgehead atoms. The fourth-order valence-electron chi connectivity index (χ4n) is 2.21. The van der Waals surface area contributed by atoms with Crippen LogP contribution in [0.3, 0.4) is 0 Å². The van der Waals surface area contributed by atoms with Gasteiger partial charge in [0.2, 0.25) is 0 Å². The summed E-state index contributed by atoms with van der Waals surface area (Å²) in [6.07, 6.45) is 3.94. The van der Waals surface area contributed by atoms with Gasteiger partial charge in [-0.1, -0.05) is 24.3 Å². The van der Waals surface area contributed by atoms with Gasteiger partial charge in [0.25, 0.3) is 0 Å². The quantitative estimate of drug-likeness (QED) is 0.697. The van der Waals surface area contributed by atoms with Crippen molar-refractivity contribution in [1.82, 2.24) is 0 Å². The molecule has 0 saturated heterocycles. The van der Waals surface area contributed by atoms with Crippen molar-refractivity contribution in [3.8, 4) is 0 Å². The van der Waals surface area contributed by atoms with Gasteiger partial charge in [-0.05, 0) is 37.3 Å². The summed E-state index contributed by atoms with van der Waals surface area (Å²) in [4.78, 5) is 11.5. The maximum Gasteiger partial charge on any atom is 0.136 e. The molecule has 0 aromatic heterocycles. The Morgan fingerprint density at radius 3 is 2.79 bits per heavy atom. The van der Waals surface area contributed by atoms with E-state index < -0.39 is 0 Å². The molecule has 0 amide bonds. The van der Waals surface area contributed by atoms with E-state index in [4.69, 9.17) is 0 Å². The van der Waals surface area contributed by atoms with Crippen LogP contribution in [0.1, 0.15) is 30.4 Å². The van der Waals surface area contributed by atoms with Crippen molar-refractivity contribution in [2.45, 2.75) is 32.6 Å². The number of ketones is 1. The molecule has 14 heavy (non-hydrogen) atoms. The Morgan fingerprint density at radius 1 is 1.36 bits per heavy atom. The molecule has 0 heterocycles. The Hall–Kier alpha value is -1.11. The van der Waals surface area contributed by atoms with Crippen molar-refractivity contribution < 1.29 is 4.79 Å². The molecule has 0 unspecified atom stereocenters. The van der Waals surface area contributed by atoms with Crippen LogP contribution in [0.2, 0.25) is 0 Å². The van der Waals surface area contributed by atoms with Gasteiger partial charge in [0.1, 0.15) is 5.78 Å². The van der Waals surface area contributed by atoms with Crippen LogP contribution in [0.4, 0.5) is 0 Å². The molecule has 1 saturated carbocycles. The Kier molecular flexibility index (Phi) is 2.67. The van der Waals surface area contributed by atoms with E-state index >= 15 is 0 Å². The molecule has 1 atom stereocenters. The van der Waals surface area contributed by atoms with Crippen LogP contribution in [0, 0.1) is 12.8 Å². The van der Waals surface area contributed by atoms with Gasteiger partial charge in [-0.15, -0.1) is 0 Å². The number of hydrogen-bond acceptors (Lipinski definition) is 1. The lowest BCUT2D eigenvalue weighted by atomic mass is 9.94. The van der Waals surface area contributed by atoms with Crippen LogP contribution in [-0.2, 0) is 11.2 Å². The minimum absolute atomic E-state index is 0.302. The fourth-order valence-corrected chi connectivity index (χ4v) is 2.21. The molecule has 1 fully saturated rings. The summed E-state index contributed by atoms with van der Waals surface area (Å²) in [6, 6.07) is 8.37. The van der Waals surface area contributed by atoms with Crippen LogP contribution in [-0.4, -0.2) is 5.78 Å².